The van der Waals surface area contributed by atoms with Gasteiger partial charge in [-0.3, -0.25) is 19.6 Å². The second kappa shape index (κ2) is 6.41. The standard InChI is InChI=1S/C17H17N5O3S/c1-22(16(24)9-7-8-9)17-19-14-12(26-17)13(20-21-14)18-15(23)10-5-3-4-6-11(10)25-2/h3-6,9H,7-8H2,1-2H3,(H2,18,20,21,23). The molecule has 26 heavy (non-hydrogen) atoms. The molecule has 0 saturated heterocycles. The third kappa shape index (κ3) is 2.90. The van der Waals surface area contributed by atoms with Gasteiger partial charge in [0.15, 0.2) is 16.6 Å². The lowest BCUT2D eigenvalue weighted by Gasteiger charge is -2.12. The van der Waals surface area contributed by atoms with E-state index in [1.165, 1.54) is 18.4 Å². The number of thiazole rings is 1. The van der Waals surface area contributed by atoms with Crippen LogP contribution < -0.4 is 15.0 Å². The van der Waals surface area contributed by atoms with E-state index in [4.69, 9.17) is 4.74 Å². The second-order valence-corrected chi connectivity index (χ2v) is 7.05. The van der Waals surface area contributed by atoms with E-state index in [9.17, 15) is 9.59 Å². The SMILES string of the molecule is COc1ccccc1C(=O)Nc1n[nH]c2nc(N(C)C(=O)C3CC3)sc12. The fourth-order valence-corrected chi connectivity index (χ4v) is 3.57. The zero-order valence-electron chi connectivity index (χ0n) is 14.3. The second-order valence-electron chi connectivity index (χ2n) is 6.07. The van der Waals surface area contributed by atoms with Gasteiger partial charge in [0.05, 0.1) is 12.7 Å². The molecule has 1 aliphatic carbocycles. The van der Waals surface area contributed by atoms with Crippen molar-refractivity contribution in [2.45, 2.75) is 12.8 Å². The van der Waals surface area contributed by atoms with Crippen molar-refractivity contribution in [3.63, 3.8) is 0 Å². The van der Waals surface area contributed by atoms with Crippen LogP contribution in [0.5, 0.6) is 5.75 Å². The average Bonchev–Trinajstić information content (AvgIpc) is 3.32. The minimum atomic E-state index is -0.326. The highest BCUT2D eigenvalue weighted by molar-refractivity contribution is 7.23. The Morgan fingerprint density at radius 2 is 2.12 bits per heavy atom. The number of benzene rings is 1. The van der Waals surface area contributed by atoms with Gasteiger partial charge < -0.3 is 10.1 Å². The minimum absolute atomic E-state index is 0.0777. The number of hydrogen-bond donors (Lipinski definition) is 2. The molecule has 8 nitrogen and oxygen atoms in total. The number of para-hydroxylation sites is 1. The van der Waals surface area contributed by atoms with Gasteiger partial charge in [0.1, 0.15) is 10.4 Å². The molecule has 0 radical (unpaired) electrons. The molecule has 0 bridgehead atoms. The van der Waals surface area contributed by atoms with Gasteiger partial charge in [-0.15, -0.1) is 0 Å². The molecule has 4 rings (SSSR count). The average molecular weight is 371 g/mol. The zero-order valence-corrected chi connectivity index (χ0v) is 15.1. The molecular weight excluding hydrogens is 354 g/mol. The molecule has 0 spiro atoms. The van der Waals surface area contributed by atoms with E-state index in [0.717, 1.165) is 12.8 Å². The Labute approximate surface area is 153 Å². The van der Waals surface area contributed by atoms with Gasteiger partial charge in [0, 0.05) is 13.0 Å². The molecule has 9 heteroatoms. The van der Waals surface area contributed by atoms with Crippen LogP contribution >= 0.6 is 11.3 Å². The molecule has 0 unspecified atom stereocenters. The van der Waals surface area contributed by atoms with Crippen LogP contribution in [0.4, 0.5) is 10.9 Å². The largest absolute Gasteiger partial charge is 0.496 e. The number of rotatable bonds is 5. The first kappa shape index (κ1) is 16.5. The highest BCUT2D eigenvalue weighted by Crippen LogP contribution is 2.36. The van der Waals surface area contributed by atoms with Gasteiger partial charge in [0.25, 0.3) is 5.91 Å². The first-order chi connectivity index (χ1) is 12.6. The molecule has 1 fully saturated rings. The Morgan fingerprint density at radius 3 is 2.85 bits per heavy atom. The van der Waals surface area contributed by atoms with Gasteiger partial charge in [-0.25, -0.2) is 0 Å². The van der Waals surface area contributed by atoms with Crippen LogP contribution in [0.2, 0.25) is 0 Å². The summed E-state index contributed by atoms with van der Waals surface area (Å²) in [5.41, 5.74) is 0.952. The highest BCUT2D eigenvalue weighted by atomic mass is 32.1. The number of amides is 2. The summed E-state index contributed by atoms with van der Waals surface area (Å²) in [5.74, 6) is 0.732. The van der Waals surface area contributed by atoms with E-state index in [1.54, 1.807) is 36.2 Å². The lowest BCUT2D eigenvalue weighted by Crippen LogP contribution is -2.27. The summed E-state index contributed by atoms with van der Waals surface area (Å²) in [6, 6.07) is 6.96. The molecule has 0 atom stereocenters. The summed E-state index contributed by atoms with van der Waals surface area (Å²) < 4.78 is 5.91. The monoisotopic (exact) mass is 371 g/mol. The number of carbonyl (C=O) groups is 2. The van der Waals surface area contributed by atoms with E-state index in [-0.39, 0.29) is 17.7 Å². The number of methoxy groups -OCH3 is 1. The van der Waals surface area contributed by atoms with Crippen molar-refractivity contribution in [3.05, 3.63) is 29.8 Å². The van der Waals surface area contributed by atoms with Crippen LogP contribution in [0.25, 0.3) is 10.3 Å². The Balaban J connectivity index is 1.59. The van der Waals surface area contributed by atoms with Crippen molar-refractivity contribution in [1.82, 2.24) is 15.2 Å². The number of carbonyl (C=O) groups excluding carboxylic acids is 2. The number of hydrogen-bond acceptors (Lipinski definition) is 6. The number of fused-ring (bicyclic) bond motifs is 1. The first-order valence-corrected chi connectivity index (χ1v) is 8.97. The number of nitrogens with zero attached hydrogens (tertiary/aromatic N) is 3. The molecule has 2 heterocycles. The van der Waals surface area contributed by atoms with E-state index in [1.807, 2.05) is 0 Å². The minimum Gasteiger partial charge on any atom is -0.496 e. The van der Waals surface area contributed by atoms with Crippen LogP contribution in [0, 0.1) is 5.92 Å². The van der Waals surface area contributed by atoms with Crippen molar-refractivity contribution in [2.75, 3.05) is 24.4 Å². The summed E-state index contributed by atoms with van der Waals surface area (Å²) in [4.78, 5) is 30.7. The molecule has 3 aromatic rings. The maximum Gasteiger partial charge on any atom is 0.260 e. The normalized spacial score (nSPS) is 13.6. The molecular formula is C17H17N5O3S. The van der Waals surface area contributed by atoms with E-state index in [0.29, 0.717) is 32.6 Å². The fourth-order valence-electron chi connectivity index (χ4n) is 2.64. The van der Waals surface area contributed by atoms with Crippen molar-refractivity contribution >= 4 is 44.4 Å². The molecule has 2 N–H and O–H groups in total. The van der Waals surface area contributed by atoms with Gasteiger partial charge in [-0.05, 0) is 25.0 Å². The lowest BCUT2D eigenvalue weighted by atomic mass is 10.2. The van der Waals surface area contributed by atoms with Crippen molar-refractivity contribution in [2.24, 2.45) is 5.92 Å². The van der Waals surface area contributed by atoms with Crippen molar-refractivity contribution < 1.29 is 14.3 Å². The Kier molecular flexibility index (Phi) is 4.08. The maximum atomic E-state index is 12.6. The maximum absolute atomic E-state index is 12.6. The molecule has 134 valence electrons. The Morgan fingerprint density at radius 1 is 1.35 bits per heavy atom. The third-order valence-electron chi connectivity index (χ3n) is 4.23. The summed E-state index contributed by atoms with van der Waals surface area (Å²) in [5, 5.41) is 10.3. The molecule has 2 aromatic heterocycles. The third-order valence-corrected chi connectivity index (χ3v) is 5.37. The van der Waals surface area contributed by atoms with Crippen LogP contribution in [0.3, 0.4) is 0 Å². The first-order valence-electron chi connectivity index (χ1n) is 8.15. The Bertz CT molecular complexity index is 991. The number of H-pyrrole nitrogens is 1. The molecule has 1 aromatic carbocycles. The van der Waals surface area contributed by atoms with Crippen molar-refractivity contribution in [3.8, 4) is 5.75 Å². The van der Waals surface area contributed by atoms with E-state index < -0.39 is 0 Å². The van der Waals surface area contributed by atoms with E-state index in [2.05, 4.69) is 20.5 Å². The molecule has 1 aliphatic rings. The fraction of sp³-hybridized carbons (Fsp3) is 0.294. The number of ether oxygens (including phenoxy) is 1. The zero-order chi connectivity index (χ0) is 18.3. The van der Waals surface area contributed by atoms with Crippen LogP contribution in [0.15, 0.2) is 24.3 Å². The quantitative estimate of drug-likeness (QED) is 0.718. The van der Waals surface area contributed by atoms with Crippen LogP contribution in [-0.4, -0.2) is 41.2 Å². The lowest BCUT2D eigenvalue weighted by molar-refractivity contribution is -0.119. The smallest absolute Gasteiger partial charge is 0.260 e. The van der Waals surface area contributed by atoms with Crippen LogP contribution in [0.1, 0.15) is 23.2 Å². The van der Waals surface area contributed by atoms with Gasteiger partial charge in [-0.2, -0.15) is 10.1 Å². The summed E-state index contributed by atoms with van der Waals surface area (Å²) >= 11 is 1.31. The predicted molar refractivity (Wildman–Crippen MR) is 98.8 cm³/mol. The predicted octanol–water partition coefficient (Wildman–Crippen LogP) is 2.65. The summed E-state index contributed by atoms with van der Waals surface area (Å²) in [6.07, 6.45) is 1.88. The van der Waals surface area contributed by atoms with Gasteiger partial charge >= 0.3 is 0 Å². The van der Waals surface area contributed by atoms with Crippen LogP contribution in [-0.2, 0) is 4.79 Å². The molecule has 2 amide bonds. The number of aromatic nitrogens is 3. The summed E-state index contributed by atoms with van der Waals surface area (Å²) in [7, 11) is 3.24. The highest BCUT2D eigenvalue weighted by Gasteiger charge is 2.33. The number of nitrogens with one attached hydrogen (secondary N) is 2. The molecule has 0 aliphatic heterocycles. The number of aromatic amines is 1. The van der Waals surface area contributed by atoms with Gasteiger partial charge in [0.2, 0.25) is 5.91 Å². The molecule has 1 saturated carbocycles. The van der Waals surface area contributed by atoms with Crippen molar-refractivity contribution in [1.29, 1.82) is 0 Å². The summed E-state index contributed by atoms with van der Waals surface area (Å²) in [6.45, 7) is 0. The van der Waals surface area contributed by atoms with Gasteiger partial charge in [-0.1, -0.05) is 23.5 Å². The Hall–Kier alpha value is -2.94. The topological polar surface area (TPSA) is 100 Å². The van der Waals surface area contributed by atoms with E-state index >= 15 is 0 Å². The number of anilines is 2.